The SMILES string of the molecule is CCCCCCC(=O)N1CCC(OCCN)CC1. The molecule has 0 aliphatic carbocycles. The molecule has 1 aliphatic rings. The molecule has 0 bridgehead atoms. The summed E-state index contributed by atoms with van der Waals surface area (Å²) >= 11 is 0. The summed E-state index contributed by atoms with van der Waals surface area (Å²) in [5.41, 5.74) is 5.41. The van der Waals surface area contributed by atoms with Crippen molar-refractivity contribution in [2.45, 2.75) is 58.0 Å². The third-order valence-electron chi connectivity index (χ3n) is 3.51. The Hall–Kier alpha value is -0.610. The Labute approximate surface area is 111 Å². The molecule has 0 radical (unpaired) electrons. The normalized spacial score (nSPS) is 17.1. The van der Waals surface area contributed by atoms with E-state index in [9.17, 15) is 4.79 Å². The van der Waals surface area contributed by atoms with E-state index in [1.165, 1.54) is 19.3 Å². The van der Waals surface area contributed by atoms with Gasteiger partial charge in [-0.25, -0.2) is 0 Å². The van der Waals surface area contributed by atoms with E-state index < -0.39 is 0 Å². The third-order valence-corrected chi connectivity index (χ3v) is 3.51. The lowest BCUT2D eigenvalue weighted by Gasteiger charge is -2.32. The minimum Gasteiger partial charge on any atom is -0.377 e. The fourth-order valence-electron chi connectivity index (χ4n) is 2.37. The lowest BCUT2D eigenvalue weighted by atomic mass is 10.1. The van der Waals surface area contributed by atoms with Crippen LogP contribution in [0.15, 0.2) is 0 Å². The summed E-state index contributed by atoms with van der Waals surface area (Å²) in [6.45, 7) is 5.10. The zero-order chi connectivity index (χ0) is 13.2. The number of likely N-dealkylation sites (tertiary alicyclic amines) is 1. The molecule has 1 amide bonds. The van der Waals surface area contributed by atoms with Crippen molar-refractivity contribution < 1.29 is 9.53 Å². The summed E-state index contributed by atoms with van der Waals surface area (Å²) in [4.78, 5) is 13.9. The number of hydrogen-bond donors (Lipinski definition) is 1. The van der Waals surface area contributed by atoms with Crippen LogP contribution in [0, 0.1) is 0 Å². The van der Waals surface area contributed by atoms with E-state index in [0.29, 0.717) is 31.6 Å². The molecule has 18 heavy (non-hydrogen) atoms. The van der Waals surface area contributed by atoms with Crippen molar-refractivity contribution >= 4 is 5.91 Å². The summed E-state index contributed by atoms with van der Waals surface area (Å²) < 4.78 is 5.61. The molecule has 1 fully saturated rings. The van der Waals surface area contributed by atoms with Crippen LogP contribution in [-0.2, 0) is 9.53 Å². The number of piperidine rings is 1. The number of unbranched alkanes of at least 4 members (excludes halogenated alkanes) is 3. The largest absolute Gasteiger partial charge is 0.377 e. The molecular weight excluding hydrogens is 228 g/mol. The Morgan fingerprint density at radius 3 is 2.61 bits per heavy atom. The number of nitrogens with two attached hydrogens (primary N) is 1. The Bertz CT molecular complexity index is 226. The fourth-order valence-corrected chi connectivity index (χ4v) is 2.37. The van der Waals surface area contributed by atoms with Gasteiger partial charge in [-0.2, -0.15) is 0 Å². The molecule has 4 nitrogen and oxygen atoms in total. The van der Waals surface area contributed by atoms with Gasteiger partial charge in [-0.05, 0) is 19.3 Å². The molecule has 2 N–H and O–H groups in total. The van der Waals surface area contributed by atoms with Gasteiger partial charge in [0.25, 0.3) is 0 Å². The summed E-state index contributed by atoms with van der Waals surface area (Å²) in [7, 11) is 0. The predicted octanol–water partition coefficient (Wildman–Crippen LogP) is 1.92. The van der Waals surface area contributed by atoms with Crippen LogP contribution in [0.5, 0.6) is 0 Å². The van der Waals surface area contributed by atoms with Crippen LogP contribution in [0.2, 0.25) is 0 Å². The molecule has 4 heteroatoms. The van der Waals surface area contributed by atoms with E-state index in [1.54, 1.807) is 0 Å². The Morgan fingerprint density at radius 2 is 2.00 bits per heavy atom. The Kier molecular flexibility index (Phi) is 8.01. The number of carbonyl (C=O) groups is 1. The van der Waals surface area contributed by atoms with E-state index in [0.717, 1.165) is 32.4 Å². The smallest absolute Gasteiger partial charge is 0.222 e. The fraction of sp³-hybridized carbons (Fsp3) is 0.929. The highest BCUT2D eigenvalue weighted by Gasteiger charge is 2.22. The van der Waals surface area contributed by atoms with E-state index in [1.807, 2.05) is 4.90 Å². The highest BCUT2D eigenvalue weighted by molar-refractivity contribution is 5.76. The summed E-state index contributed by atoms with van der Waals surface area (Å²) in [6.07, 6.45) is 7.61. The first-order valence-corrected chi connectivity index (χ1v) is 7.37. The minimum absolute atomic E-state index is 0.303. The molecule has 0 unspecified atom stereocenters. The van der Waals surface area contributed by atoms with Gasteiger partial charge in [0.1, 0.15) is 0 Å². The van der Waals surface area contributed by atoms with E-state index >= 15 is 0 Å². The number of amides is 1. The first-order chi connectivity index (χ1) is 8.77. The van der Waals surface area contributed by atoms with Gasteiger partial charge in [-0.1, -0.05) is 26.2 Å². The second-order valence-electron chi connectivity index (χ2n) is 5.05. The average Bonchev–Trinajstić information content (AvgIpc) is 2.41. The van der Waals surface area contributed by atoms with Crippen LogP contribution in [0.4, 0.5) is 0 Å². The molecule has 0 spiro atoms. The van der Waals surface area contributed by atoms with E-state index in [-0.39, 0.29) is 0 Å². The monoisotopic (exact) mass is 256 g/mol. The molecule has 0 atom stereocenters. The van der Waals surface area contributed by atoms with Crippen LogP contribution >= 0.6 is 0 Å². The quantitative estimate of drug-likeness (QED) is 0.675. The molecule has 1 aliphatic heterocycles. The highest BCUT2D eigenvalue weighted by atomic mass is 16.5. The lowest BCUT2D eigenvalue weighted by Crippen LogP contribution is -2.41. The number of hydrogen-bond acceptors (Lipinski definition) is 3. The molecule has 1 saturated heterocycles. The Morgan fingerprint density at radius 1 is 1.28 bits per heavy atom. The average molecular weight is 256 g/mol. The molecule has 0 aromatic carbocycles. The van der Waals surface area contributed by atoms with Gasteiger partial charge in [0, 0.05) is 26.1 Å². The second kappa shape index (κ2) is 9.34. The van der Waals surface area contributed by atoms with Gasteiger partial charge < -0.3 is 15.4 Å². The molecule has 1 heterocycles. The highest BCUT2D eigenvalue weighted by Crippen LogP contribution is 2.15. The predicted molar refractivity (Wildman–Crippen MR) is 73.4 cm³/mol. The number of ether oxygens (including phenoxy) is 1. The first-order valence-electron chi connectivity index (χ1n) is 7.37. The van der Waals surface area contributed by atoms with Crippen molar-refractivity contribution in [3.8, 4) is 0 Å². The van der Waals surface area contributed by atoms with Crippen molar-refractivity contribution in [1.29, 1.82) is 0 Å². The molecule has 106 valence electrons. The van der Waals surface area contributed by atoms with Gasteiger partial charge >= 0.3 is 0 Å². The van der Waals surface area contributed by atoms with Crippen LogP contribution in [-0.4, -0.2) is 43.2 Å². The Balaban J connectivity index is 2.11. The summed E-state index contributed by atoms with van der Waals surface area (Å²) in [6, 6.07) is 0. The maximum absolute atomic E-state index is 11.9. The topological polar surface area (TPSA) is 55.6 Å². The molecular formula is C14H28N2O2. The number of carbonyl (C=O) groups excluding carboxylic acids is 1. The van der Waals surface area contributed by atoms with E-state index in [2.05, 4.69) is 6.92 Å². The molecule has 0 saturated carbocycles. The second-order valence-corrected chi connectivity index (χ2v) is 5.05. The third kappa shape index (κ3) is 5.83. The van der Waals surface area contributed by atoms with Crippen molar-refractivity contribution in [3.63, 3.8) is 0 Å². The summed E-state index contributed by atoms with van der Waals surface area (Å²) in [5, 5.41) is 0. The van der Waals surface area contributed by atoms with Crippen molar-refractivity contribution in [3.05, 3.63) is 0 Å². The van der Waals surface area contributed by atoms with Crippen molar-refractivity contribution in [2.75, 3.05) is 26.2 Å². The summed E-state index contributed by atoms with van der Waals surface area (Å²) in [5.74, 6) is 0.323. The van der Waals surface area contributed by atoms with Gasteiger partial charge in [0.05, 0.1) is 12.7 Å². The van der Waals surface area contributed by atoms with Crippen molar-refractivity contribution in [2.24, 2.45) is 5.73 Å². The molecule has 0 aromatic heterocycles. The zero-order valence-corrected chi connectivity index (χ0v) is 11.7. The number of nitrogens with zero attached hydrogens (tertiary/aromatic N) is 1. The van der Waals surface area contributed by atoms with Gasteiger partial charge in [0.2, 0.25) is 5.91 Å². The van der Waals surface area contributed by atoms with Crippen LogP contribution in [0.25, 0.3) is 0 Å². The van der Waals surface area contributed by atoms with Crippen LogP contribution in [0.1, 0.15) is 51.9 Å². The number of rotatable bonds is 8. The van der Waals surface area contributed by atoms with Gasteiger partial charge in [-0.3, -0.25) is 4.79 Å². The maximum Gasteiger partial charge on any atom is 0.222 e. The van der Waals surface area contributed by atoms with Crippen LogP contribution in [0.3, 0.4) is 0 Å². The lowest BCUT2D eigenvalue weighted by molar-refractivity contribution is -0.133. The van der Waals surface area contributed by atoms with E-state index in [4.69, 9.17) is 10.5 Å². The minimum atomic E-state index is 0.303. The zero-order valence-electron chi connectivity index (χ0n) is 11.7. The molecule has 1 rings (SSSR count). The van der Waals surface area contributed by atoms with Gasteiger partial charge in [0.15, 0.2) is 0 Å². The van der Waals surface area contributed by atoms with Crippen LogP contribution < -0.4 is 5.73 Å². The molecule has 0 aromatic rings. The standard InChI is InChI=1S/C14H28N2O2/c1-2-3-4-5-6-14(17)16-10-7-13(8-11-16)18-12-9-15/h13H,2-12,15H2,1H3. The van der Waals surface area contributed by atoms with Gasteiger partial charge in [-0.15, -0.1) is 0 Å². The first kappa shape index (κ1) is 15.4. The van der Waals surface area contributed by atoms with Crippen molar-refractivity contribution in [1.82, 2.24) is 4.90 Å². The maximum atomic E-state index is 11.9.